The van der Waals surface area contributed by atoms with E-state index in [0.717, 1.165) is 14.4 Å². The number of hydrogen-bond acceptors (Lipinski definition) is 3. The van der Waals surface area contributed by atoms with Gasteiger partial charge in [-0.2, -0.15) is 0 Å². The summed E-state index contributed by atoms with van der Waals surface area (Å²) in [5.41, 5.74) is 6.45. The lowest BCUT2D eigenvalue weighted by atomic mass is 10.2. The van der Waals surface area contributed by atoms with Gasteiger partial charge in [0.1, 0.15) is 0 Å². The van der Waals surface area contributed by atoms with Crippen molar-refractivity contribution >= 4 is 55.7 Å². The van der Waals surface area contributed by atoms with Crippen LogP contribution in [0, 0.1) is 0 Å². The summed E-state index contributed by atoms with van der Waals surface area (Å²) >= 11 is 9.35. The molecule has 0 radical (unpaired) electrons. The Morgan fingerprint density at radius 2 is 2.08 bits per heavy atom. The van der Waals surface area contributed by atoms with Gasteiger partial charge >= 0.3 is 0 Å². The third-order valence-electron chi connectivity index (χ3n) is 1.64. The quantitative estimate of drug-likeness (QED) is 0.550. The number of anilines is 1. The van der Waals surface area contributed by atoms with Gasteiger partial charge in [0.2, 0.25) is 0 Å². The van der Waals surface area contributed by atoms with Crippen molar-refractivity contribution in [2.45, 2.75) is 4.90 Å². The van der Waals surface area contributed by atoms with Crippen molar-refractivity contribution in [3.05, 3.63) is 22.0 Å². The van der Waals surface area contributed by atoms with Gasteiger partial charge in [-0.15, -0.1) is 24.0 Å². The van der Waals surface area contributed by atoms with Gasteiger partial charge in [-0.05, 0) is 39.5 Å². The molecule has 2 aromatic rings. The zero-order valence-corrected chi connectivity index (χ0v) is 9.34. The fourth-order valence-corrected chi connectivity index (χ4v) is 2.85. The van der Waals surface area contributed by atoms with Crippen LogP contribution in [-0.4, -0.2) is 0 Å². The van der Waals surface area contributed by atoms with Crippen LogP contribution in [0.1, 0.15) is 0 Å². The zero-order chi connectivity index (χ0) is 8.72. The third kappa shape index (κ3) is 1.34. The molecule has 2 rings (SSSR count). The van der Waals surface area contributed by atoms with E-state index >= 15 is 0 Å². The fraction of sp³-hybridized carbons (Fsp3) is 0. The summed E-state index contributed by atoms with van der Waals surface area (Å²) in [7, 11) is 0. The van der Waals surface area contributed by atoms with Crippen LogP contribution in [0.3, 0.4) is 0 Å². The van der Waals surface area contributed by atoms with E-state index < -0.39 is 0 Å². The predicted molar refractivity (Wildman–Crippen MR) is 61.2 cm³/mol. The molecule has 2 N–H and O–H groups in total. The van der Waals surface area contributed by atoms with Gasteiger partial charge in [-0.25, -0.2) is 0 Å². The van der Waals surface area contributed by atoms with Gasteiger partial charge in [-0.1, -0.05) is 0 Å². The first-order valence-corrected chi connectivity index (χ1v) is 5.40. The maximum absolute atomic E-state index is 5.71. The number of rotatable bonds is 0. The van der Waals surface area contributed by atoms with Crippen LogP contribution >= 0.6 is 39.9 Å². The fourth-order valence-electron chi connectivity index (χ4n) is 1.06. The first-order valence-electron chi connectivity index (χ1n) is 3.34. The Morgan fingerprint density at radius 3 is 2.83 bits per heavy atom. The van der Waals surface area contributed by atoms with Crippen LogP contribution in [-0.2, 0) is 0 Å². The first-order chi connectivity index (χ1) is 5.66. The average molecular weight is 260 g/mol. The zero-order valence-electron chi connectivity index (χ0n) is 6.04. The molecule has 1 heterocycles. The second-order valence-corrected chi connectivity index (χ2v) is 5.44. The summed E-state index contributed by atoms with van der Waals surface area (Å²) < 4.78 is 2.31. The Hall–Kier alpha value is -0.190. The molecule has 0 bridgehead atoms. The molecule has 0 atom stereocenters. The molecule has 0 amide bonds. The molecule has 1 aromatic heterocycles. The minimum atomic E-state index is 0.736. The lowest BCUT2D eigenvalue weighted by molar-refractivity contribution is 1.53. The molecule has 0 fully saturated rings. The molecule has 1 aromatic carbocycles. The minimum Gasteiger partial charge on any atom is -0.398 e. The van der Waals surface area contributed by atoms with E-state index in [0.29, 0.717) is 0 Å². The number of nitrogens with two attached hydrogens (primary N) is 1. The molecule has 0 aliphatic carbocycles. The standard InChI is InChI=1S/C8H6BrNS2/c9-8-2-4-1-6(11)5(10)3-7(4)12-8/h1-3,11H,10H2. The summed E-state index contributed by atoms with van der Waals surface area (Å²) in [6.45, 7) is 0. The summed E-state index contributed by atoms with van der Waals surface area (Å²) in [6.07, 6.45) is 0. The van der Waals surface area contributed by atoms with Crippen LogP contribution in [0.5, 0.6) is 0 Å². The number of fused-ring (bicyclic) bond motifs is 1. The molecule has 0 aliphatic heterocycles. The van der Waals surface area contributed by atoms with Gasteiger partial charge in [0.15, 0.2) is 0 Å². The van der Waals surface area contributed by atoms with E-state index in [4.69, 9.17) is 5.73 Å². The molecule has 62 valence electrons. The Bertz CT molecular complexity index is 397. The number of hydrogen-bond donors (Lipinski definition) is 2. The van der Waals surface area contributed by atoms with Crippen LogP contribution in [0.2, 0.25) is 0 Å². The largest absolute Gasteiger partial charge is 0.398 e. The Kier molecular flexibility index (Phi) is 2.06. The highest BCUT2D eigenvalue weighted by Crippen LogP contribution is 2.33. The lowest BCUT2D eigenvalue weighted by Crippen LogP contribution is -1.84. The predicted octanol–water partition coefficient (Wildman–Crippen LogP) is 3.53. The van der Waals surface area contributed by atoms with Gasteiger partial charge < -0.3 is 5.73 Å². The third-order valence-corrected chi connectivity index (χ3v) is 3.62. The minimum absolute atomic E-state index is 0.736. The van der Waals surface area contributed by atoms with Gasteiger partial charge in [-0.3, -0.25) is 0 Å². The maximum atomic E-state index is 5.71. The lowest BCUT2D eigenvalue weighted by Gasteiger charge is -1.97. The highest BCUT2D eigenvalue weighted by atomic mass is 79.9. The smallest absolute Gasteiger partial charge is 0.0711 e. The molecule has 0 unspecified atom stereocenters. The first kappa shape index (κ1) is 8.41. The Labute approximate surface area is 88.1 Å². The van der Waals surface area contributed by atoms with Gasteiger partial charge in [0, 0.05) is 15.3 Å². The van der Waals surface area contributed by atoms with Crippen LogP contribution in [0.4, 0.5) is 5.69 Å². The van der Waals surface area contributed by atoms with Crippen molar-refractivity contribution in [3.8, 4) is 0 Å². The van der Waals surface area contributed by atoms with E-state index in [-0.39, 0.29) is 0 Å². The van der Waals surface area contributed by atoms with Crippen molar-refractivity contribution in [2.24, 2.45) is 0 Å². The van der Waals surface area contributed by atoms with E-state index in [1.807, 2.05) is 12.1 Å². The van der Waals surface area contributed by atoms with Gasteiger partial charge in [0.25, 0.3) is 0 Å². The molecular weight excluding hydrogens is 254 g/mol. The molecule has 0 aliphatic rings. The Morgan fingerprint density at radius 1 is 1.33 bits per heavy atom. The molecule has 0 spiro atoms. The number of benzene rings is 1. The van der Waals surface area contributed by atoms with Crippen LogP contribution in [0.25, 0.3) is 10.1 Å². The second-order valence-electron chi connectivity index (χ2n) is 2.50. The van der Waals surface area contributed by atoms with Crippen molar-refractivity contribution in [3.63, 3.8) is 0 Å². The summed E-state index contributed by atoms with van der Waals surface area (Å²) in [4.78, 5) is 0.841. The van der Waals surface area contributed by atoms with Crippen molar-refractivity contribution in [1.82, 2.24) is 0 Å². The van der Waals surface area contributed by atoms with E-state index in [1.54, 1.807) is 11.3 Å². The average Bonchev–Trinajstić information content (AvgIpc) is 2.30. The van der Waals surface area contributed by atoms with Gasteiger partial charge in [0.05, 0.1) is 3.79 Å². The van der Waals surface area contributed by atoms with Crippen LogP contribution in [0.15, 0.2) is 26.9 Å². The topological polar surface area (TPSA) is 26.0 Å². The monoisotopic (exact) mass is 259 g/mol. The van der Waals surface area contributed by atoms with Crippen molar-refractivity contribution in [2.75, 3.05) is 5.73 Å². The van der Waals surface area contributed by atoms with Crippen LogP contribution < -0.4 is 5.73 Å². The van der Waals surface area contributed by atoms with Crippen molar-refractivity contribution < 1.29 is 0 Å². The highest BCUT2D eigenvalue weighted by Gasteiger charge is 2.02. The summed E-state index contributed by atoms with van der Waals surface area (Å²) in [5, 5.41) is 1.19. The molecule has 4 heteroatoms. The van der Waals surface area contributed by atoms with E-state index in [1.165, 1.54) is 10.1 Å². The molecule has 1 nitrogen and oxygen atoms in total. The normalized spacial score (nSPS) is 10.8. The number of thiol groups is 1. The molecule has 0 saturated carbocycles. The molecule has 12 heavy (non-hydrogen) atoms. The summed E-state index contributed by atoms with van der Waals surface area (Å²) in [6, 6.07) is 6.00. The maximum Gasteiger partial charge on any atom is 0.0711 e. The SMILES string of the molecule is Nc1cc2sc(Br)cc2cc1S. The number of nitrogen functional groups attached to an aromatic ring is 1. The van der Waals surface area contributed by atoms with E-state index in [9.17, 15) is 0 Å². The van der Waals surface area contributed by atoms with E-state index in [2.05, 4.69) is 34.6 Å². The second kappa shape index (κ2) is 2.94. The summed E-state index contributed by atoms with van der Waals surface area (Å²) in [5.74, 6) is 0. The Balaban J connectivity index is 2.83. The number of halogens is 1. The number of thiophene rings is 1. The molecule has 0 saturated heterocycles. The van der Waals surface area contributed by atoms with Crippen molar-refractivity contribution in [1.29, 1.82) is 0 Å². The molecular formula is C8H6BrNS2. The highest BCUT2D eigenvalue weighted by molar-refractivity contribution is 9.11.